The molecule has 0 amide bonds. The van der Waals surface area contributed by atoms with E-state index >= 15 is 0 Å². The molecule has 0 radical (unpaired) electrons. The van der Waals surface area contributed by atoms with Gasteiger partial charge in [-0.2, -0.15) is 0 Å². The van der Waals surface area contributed by atoms with Gasteiger partial charge in [-0.3, -0.25) is 0 Å². The molecule has 0 saturated heterocycles. The summed E-state index contributed by atoms with van der Waals surface area (Å²) >= 11 is 0. The molecule has 1 aromatic carbocycles. The highest BCUT2D eigenvalue weighted by molar-refractivity contribution is 6.08. The number of ether oxygens (including phenoxy) is 2. The third-order valence-corrected chi connectivity index (χ3v) is 2.52. The molecule has 0 bridgehead atoms. The van der Waals surface area contributed by atoms with Gasteiger partial charge in [0.15, 0.2) is 0 Å². The standard InChI is InChI=1S/C15H17NO3/c1-15(2,3)16-14-11-8-6-5-7-10(11)12(19-14)9-13(17)18-4/h5-9H,1-4H3/b12-9+,16-14?. The van der Waals surface area contributed by atoms with Crippen LogP contribution in [0.3, 0.4) is 0 Å². The summed E-state index contributed by atoms with van der Waals surface area (Å²) in [4.78, 5) is 15.9. The van der Waals surface area contributed by atoms with E-state index in [2.05, 4.69) is 9.73 Å². The first-order valence-electron chi connectivity index (χ1n) is 6.08. The van der Waals surface area contributed by atoms with Gasteiger partial charge in [-0.25, -0.2) is 9.79 Å². The summed E-state index contributed by atoms with van der Waals surface area (Å²) in [6, 6.07) is 7.64. The van der Waals surface area contributed by atoms with Gasteiger partial charge in [-0.05, 0) is 26.8 Å². The fourth-order valence-corrected chi connectivity index (χ4v) is 1.76. The van der Waals surface area contributed by atoms with Crippen molar-refractivity contribution in [1.82, 2.24) is 0 Å². The molecule has 0 fully saturated rings. The van der Waals surface area contributed by atoms with Crippen molar-refractivity contribution in [1.29, 1.82) is 0 Å². The first kappa shape index (κ1) is 13.3. The highest BCUT2D eigenvalue weighted by Gasteiger charge is 2.26. The molecule has 100 valence electrons. The van der Waals surface area contributed by atoms with Gasteiger partial charge in [0.1, 0.15) is 5.76 Å². The molecule has 2 rings (SSSR count). The number of nitrogens with zero attached hydrogens (tertiary/aromatic N) is 1. The average molecular weight is 259 g/mol. The van der Waals surface area contributed by atoms with E-state index in [4.69, 9.17) is 4.74 Å². The lowest BCUT2D eigenvalue weighted by Crippen LogP contribution is -2.14. The van der Waals surface area contributed by atoms with Crippen LogP contribution in [-0.4, -0.2) is 24.5 Å². The molecule has 1 heterocycles. The van der Waals surface area contributed by atoms with Crippen LogP contribution in [0.1, 0.15) is 31.9 Å². The largest absolute Gasteiger partial charge is 0.466 e. The number of hydrogen-bond acceptors (Lipinski definition) is 4. The molecule has 0 saturated carbocycles. The number of aliphatic imine (C=N–C) groups is 1. The summed E-state index contributed by atoms with van der Waals surface area (Å²) < 4.78 is 10.3. The number of carbonyl (C=O) groups excluding carboxylic acids is 1. The summed E-state index contributed by atoms with van der Waals surface area (Å²) in [6.07, 6.45) is 1.34. The Labute approximate surface area is 112 Å². The normalized spacial score (nSPS) is 18.3. The van der Waals surface area contributed by atoms with Gasteiger partial charge in [0.05, 0.1) is 18.7 Å². The molecular weight excluding hydrogens is 242 g/mol. The van der Waals surface area contributed by atoms with Crippen molar-refractivity contribution in [3.63, 3.8) is 0 Å². The molecule has 4 nitrogen and oxygen atoms in total. The molecule has 0 N–H and O–H groups in total. The van der Waals surface area contributed by atoms with Crippen LogP contribution in [0.5, 0.6) is 0 Å². The number of methoxy groups -OCH3 is 1. The smallest absolute Gasteiger partial charge is 0.334 e. The lowest BCUT2D eigenvalue weighted by atomic mass is 10.1. The van der Waals surface area contributed by atoms with E-state index in [0.717, 1.165) is 11.1 Å². The number of carbonyl (C=O) groups is 1. The van der Waals surface area contributed by atoms with Gasteiger partial charge < -0.3 is 9.47 Å². The van der Waals surface area contributed by atoms with Crippen LogP contribution in [0.15, 0.2) is 35.3 Å². The SMILES string of the molecule is COC(=O)/C=C1/OC(=NC(C)(C)C)c2ccccc21. The van der Waals surface area contributed by atoms with Crippen LogP contribution in [0, 0.1) is 0 Å². The number of esters is 1. The first-order chi connectivity index (χ1) is 8.90. The molecule has 4 heteroatoms. The topological polar surface area (TPSA) is 47.9 Å². The van der Waals surface area contributed by atoms with E-state index < -0.39 is 5.97 Å². The molecule has 0 unspecified atom stereocenters. The van der Waals surface area contributed by atoms with Gasteiger partial charge in [0.25, 0.3) is 0 Å². The highest BCUT2D eigenvalue weighted by atomic mass is 16.5. The number of rotatable bonds is 1. The maximum atomic E-state index is 11.4. The number of benzene rings is 1. The van der Waals surface area contributed by atoms with E-state index in [1.165, 1.54) is 13.2 Å². The van der Waals surface area contributed by atoms with Crippen LogP contribution in [0.2, 0.25) is 0 Å². The van der Waals surface area contributed by atoms with E-state index in [1.807, 2.05) is 45.0 Å². The van der Waals surface area contributed by atoms with Gasteiger partial charge in [0, 0.05) is 11.1 Å². The molecule has 0 atom stereocenters. The third kappa shape index (κ3) is 3.02. The van der Waals surface area contributed by atoms with E-state index in [-0.39, 0.29) is 5.54 Å². The van der Waals surface area contributed by atoms with Crippen molar-refractivity contribution in [2.45, 2.75) is 26.3 Å². The van der Waals surface area contributed by atoms with Gasteiger partial charge >= 0.3 is 5.97 Å². The maximum absolute atomic E-state index is 11.4. The Morgan fingerprint density at radius 1 is 1.26 bits per heavy atom. The second kappa shape index (κ2) is 4.88. The van der Waals surface area contributed by atoms with Crippen molar-refractivity contribution >= 4 is 17.6 Å². The average Bonchev–Trinajstić information content (AvgIpc) is 2.66. The number of fused-ring (bicyclic) bond motifs is 1. The van der Waals surface area contributed by atoms with Crippen LogP contribution in [-0.2, 0) is 14.3 Å². The lowest BCUT2D eigenvalue weighted by Gasteiger charge is -2.12. The predicted octanol–water partition coefficient (Wildman–Crippen LogP) is 2.78. The van der Waals surface area contributed by atoms with Gasteiger partial charge in [-0.1, -0.05) is 18.2 Å². The van der Waals surface area contributed by atoms with Crippen LogP contribution >= 0.6 is 0 Å². The van der Waals surface area contributed by atoms with Crippen molar-refractivity contribution in [2.75, 3.05) is 7.11 Å². The minimum Gasteiger partial charge on any atom is -0.466 e. The summed E-state index contributed by atoms with van der Waals surface area (Å²) in [5, 5.41) is 0. The Morgan fingerprint density at radius 3 is 2.47 bits per heavy atom. The zero-order chi connectivity index (χ0) is 14.0. The quantitative estimate of drug-likeness (QED) is 0.575. The van der Waals surface area contributed by atoms with E-state index in [9.17, 15) is 4.79 Å². The van der Waals surface area contributed by atoms with Crippen molar-refractivity contribution in [3.05, 3.63) is 41.5 Å². The summed E-state index contributed by atoms with van der Waals surface area (Å²) in [5.41, 5.74) is 1.51. The lowest BCUT2D eigenvalue weighted by molar-refractivity contribution is -0.134. The Hall–Kier alpha value is -2.10. The van der Waals surface area contributed by atoms with Gasteiger partial charge in [-0.15, -0.1) is 0 Å². The van der Waals surface area contributed by atoms with E-state index in [1.54, 1.807) is 0 Å². The predicted molar refractivity (Wildman–Crippen MR) is 73.8 cm³/mol. The Morgan fingerprint density at radius 2 is 1.89 bits per heavy atom. The fourth-order valence-electron chi connectivity index (χ4n) is 1.76. The first-order valence-corrected chi connectivity index (χ1v) is 6.08. The van der Waals surface area contributed by atoms with Crippen LogP contribution in [0.25, 0.3) is 5.76 Å². The molecule has 1 aliphatic rings. The molecule has 0 aromatic heterocycles. The van der Waals surface area contributed by atoms with Gasteiger partial charge in [0.2, 0.25) is 5.90 Å². The second-order valence-corrected chi connectivity index (χ2v) is 5.27. The minimum atomic E-state index is -0.443. The number of hydrogen-bond donors (Lipinski definition) is 0. The summed E-state index contributed by atoms with van der Waals surface area (Å²) in [5.74, 6) is 0.575. The van der Waals surface area contributed by atoms with Crippen molar-refractivity contribution in [3.8, 4) is 0 Å². The molecule has 1 aromatic rings. The Kier molecular flexibility index (Phi) is 3.42. The van der Waals surface area contributed by atoms with Crippen LogP contribution < -0.4 is 0 Å². The third-order valence-electron chi connectivity index (χ3n) is 2.52. The van der Waals surface area contributed by atoms with E-state index in [0.29, 0.717) is 11.7 Å². The fraction of sp³-hybridized carbons (Fsp3) is 0.333. The monoisotopic (exact) mass is 259 g/mol. The van der Waals surface area contributed by atoms with Crippen LogP contribution in [0.4, 0.5) is 0 Å². The maximum Gasteiger partial charge on any atom is 0.334 e. The molecule has 0 spiro atoms. The van der Waals surface area contributed by atoms with Crippen molar-refractivity contribution < 1.29 is 14.3 Å². The van der Waals surface area contributed by atoms with Crippen molar-refractivity contribution in [2.24, 2.45) is 4.99 Å². The molecule has 0 aliphatic carbocycles. The molecule has 1 aliphatic heterocycles. The zero-order valence-electron chi connectivity index (χ0n) is 11.6. The Bertz CT molecular complexity index is 565. The minimum absolute atomic E-state index is 0.247. The highest BCUT2D eigenvalue weighted by Crippen LogP contribution is 2.31. The Balaban J connectivity index is 2.48. The second-order valence-electron chi connectivity index (χ2n) is 5.27. The zero-order valence-corrected chi connectivity index (χ0v) is 11.6. The molecular formula is C15H17NO3. The summed E-state index contributed by atoms with van der Waals surface area (Å²) in [7, 11) is 1.34. The summed E-state index contributed by atoms with van der Waals surface area (Å²) in [6.45, 7) is 5.98. The molecule has 19 heavy (non-hydrogen) atoms.